The van der Waals surface area contributed by atoms with Gasteiger partial charge in [0.25, 0.3) is 0 Å². The van der Waals surface area contributed by atoms with Crippen LogP contribution in [0.15, 0.2) is 82.8 Å². The number of fused-ring (bicyclic) bond motifs is 1. The number of hydrogen-bond acceptors (Lipinski definition) is 5. The molecule has 5 nitrogen and oxygen atoms in total. The Morgan fingerprint density at radius 1 is 0.963 bits per heavy atom. The number of hydrogen-bond donors (Lipinski definition) is 0. The topological polar surface area (TPSA) is 59.5 Å². The maximum atomic E-state index is 13.0. The monoisotopic (exact) mass is 380 g/mol. The number of ether oxygens (including phenoxy) is 1. The highest BCUT2D eigenvalue weighted by atomic mass is 32.2. The van der Waals surface area contributed by atoms with Crippen LogP contribution in [-0.4, -0.2) is 25.5 Å². The van der Waals surface area contributed by atoms with Crippen LogP contribution in [0.5, 0.6) is 5.75 Å². The summed E-state index contributed by atoms with van der Waals surface area (Å²) in [7, 11) is -3.60. The molecule has 0 fully saturated rings. The Bertz CT molecular complexity index is 1070. The number of aromatic nitrogens is 1. The van der Waals surface area contributed by atoms with Gasteiger partial charge >= 0.3 is 0 Å². The predicted octanol–water partition coefficient (Wildman–Crippen LogP) is 4.22. The van der Waals surface area contributed by atoms with E-state index >= 15 is 0 Å². The van der Waals surface area contributed by atoms with Crippen LogP contribution in [0.1, 0.15) is 13.8 Å². The maximum Gasteiger partial charge on any atom is 0.206 e. The summed E-state index contributed by atoms with van der Waals surface area (Å²) in [6.07, 6.45) is 3.48. The molecule has 0 saturated carbocycles. The van der Waals surface area contributed by atoms with Crippen molar-refractivity contribution in [1.29, 1.82) is 0 Å². The smallest absolute Gasteiger partial charge is 0.206 e. The second kappa shape index (κ2) is 6.39. The van der Waals surface area contributed by atoms with E-state index in [-0.39, 0.29) is 9.79 Å². The Balaban J connectivity index is 1.82. The van der Waals surface area contributed by atoms with Crippen molar-refractivity contribution in [3.8, 4) is 5.75 Å². The van der Waals surface area contributed by atoms with Crippen LogP contribution in [0.25, 0.3) is 0 Å². The number of benzene rings is 2. The molecule has 4 rings (SSSR count). The van der Waals surface area contributed by atoms with Gasteiger partial charge in [0.2, 0.25) is 9.84 Å². The minimum absolute atomic E-state index is 0.222. The van der Waals surface area contributed by atoms with Gasteiger partial charge in [0, 0.05) is 24.1 Å². The van der Waals surface area contributed by atoms with Crippen LogP contribution in [0.4, 0.5) is 11.4 Å². The lowest BCUT2D eigenvalue weighted by atomic mass is 10.0. The zero-order valence-electron chi connectivity index (χ0n) is 15.2. The summed E-state index contributed by atoms with van der Waals surface area (Å²) in [6, 6.07) is 17.4. The van der Waals surface area contributed by atoms with Crippen LogP contribution >= 0.6 is 0 Å². The van der Waals surface area contributed by atoms with Crippen molar-refractivity contribution in [3.05, 3.63) is 73.1 Å². The van der Waals surface area contributed by atoms with Gasteiger partial charge in [-0.2, -0.15) is 0 Å². The average Bonchev–Trinajstić information content (AvgIpc) is 2.67. The van der Waals surface area contributed by atoms with E-state index in [9.17, 15) is 8.42 Å². The number of nitrogens with zero attached hydrogens (tertiary/aromatic N) is 2. The Hall–Kier alpha value is -2.86. The van der Waals surface area contributed by atoms with E-state index in [2.05, 4.69) is 9.88 Å². The molecule has 0 spiro atoms. The first kappa shape index (κ1) is 17.5. The third-order valence-electron chi connectivity index (χ3n) is 4.49. The van der Waals surface area contributed by atoms with Gasteiger partial charge in [-0.1, -0.05) is 18.2 Å². The van der Waals surface area contributed by atoms with Crippen molar-refractivity contribution >= 4 is 21.2 Å². The van der Waals surface area contributed by atoms with E-state index in [0.29, 0.717) is 12.3 Å². The fourth-order valence-electron chi connectivity index (χ4n) is 3.25. The summed E-state index contributed by atoms with van der Waals surface area (Å²) in [4.78, 5) is 6.69. The normalized spacial score (nSPS) is 15.7. The summed E-state index contributed by atoms with van der Waals surface area (Å²) in [5, 5.41) is 0. The Morgan fingerprint density at radius 3 is 2.37 bits per heavy atom. The highest BCUT2D eigenvalue weighted by Crippen LogP contribution is 2.42. The second-order valence-corrected chi connectivity index (χ2v) is 9.05. The molecule has 6 heteroatoms. The second-order valence-electron chi connectivity index (χ2n) is 7.10. The molecule has 1 aromatic heterocycles. The van der Waals surface area contributed by atoms with E-state index < -0.39 is 15.4 Å². The van der Waals surface area contributed by atoms with Gasteiger partial charge in [0.1, 0.15) is 11.4 Å². The molecule has 2 heterocycles. The van der Waals surface area contributed by atoms with Crippen molar-refractivity contribution in [2.24, 2.45) is 0 Å². The average molecular weight is 380 g/mol. The lowest BCUT2D eigenvalue weighted by Gasteiger charge is -2.41. The third kappa shape index (κ3) is 3.28. The Labute approximate surface area is 159 Å². The van der Waals surface area contributed by atoms with Crippen molar-refractivity contribution in [2.75, 3.05) is 11.4 Å². The Kier molecular flexibility index (Phi) is 4.15. The molecule has 0 bridgehead atoms. The van der Waals surface area contributed by atoms with Gasteiger partial charge in [-0.3, -0.25) is 4.98 Å². The molecule has 0 unspecified atom stereocenters. The number of sulfone groups is 1. The first-order valence-electron chi connectivity index (χ1n) is 8.68. The molecule has 27 heavy (non-hydrogen) atoms. The van der Waals surface area contributed by atoms with E-state index in [1.54, 1.807) is 60.9 Å². The number of rotatable bonds is 3. The molecule has 0 radical (unpaired) electrons. The summed E-state index contributed by atoms with van der Waals surface area (Å²) >= 11 is 0. The molecule has 2 aromatic carbocycles. The molecule has 0 atom stereocenters. The van der Waals surface area contributed by atoms with Crippen molar-refractivity contribution in [3.63, 3.8) is 0 Å². The molecule has 3 aromatic rings. The predicted molar refractivity (Wildman–Crippen MR) is 104 cm³/mol. The van der Waals surface area contributed by atoms with Gasteiger partial charge in [-0.15, -0.1) is 0 Å². The zero-order valence-corrected chi connectivity index (χ0v) is 16.0. The van der Waals surface area contributed by atoms with Gasteiger partial charge < -0.3 is 9.64 Å². The fraction of sp³-hybridized carbons (Fsp3) is 0.190. The van der Waals surface area contributed by atoms with Crippen molar-refractivity contribution in [2.45, 2.75) is 29.2 Å². The quantitative estimate of drug-likeness (QED) is 0.681. The highest BCUT2D eigenvalue weighted by molar-refractivity contribution is 7.91. The van der Waals surface area contributed by atoms with E-state index in [1.165, 1.54) is 0 Å². The SMILES string of the molecule is CC1(C)CN(c2ccncc2)c2ccc(S(=O)(=O)c3ccccc3)cc2O1. The van der Waals surface area contributed by atoms with Crippen LogP contribution in [0, 0.1) is 0 Å². The largest absolute Gasteiger partial charge is 0.484 e. The van der Waals surface area contributed by atoms with Crippen LogP contribution in [0.3, 0.4) is 0 Å². The Morgan fingerprint density at radius 2 is 1.67 bits per heavy atom. The lowest BCUT2D eigenvalue weighted by Crippen LogP contribution is -2.44. The maximum absolute atomic E-state index is 13.0. The molecule has 0 aliphatic carbocycles. The van der Waals surface area contributed by atoms with E-state index in [0.717, 1.165) is 11.4 Å². The number of anilines is 2. The van der Waals surface area contributed by atoms with Crippen LogP contribution < -0.4 is 9.64 Å². The molecule has 0 amide bonds. The first-order chi connectivity index (χ1) is 12.9. The minimum atomic E-state index is -3.60. The number of pyridine rings is 1. The molecule has 0 saturated heterocycles. The molecular formula is C21H20N2O3S. The summed E-state index contributed by atoms with van der Waals surface area (Å²) in [6.45, 7) is 4.62. The van der Waals surface area contributed by atoms with Gasteiger partial charge in [0.05, 0.1) is 22.0 Å². The summed E-state index contributed by atoms with van der Waals surface area (Å²) in [5.41, 5.74) is 1.36. The van der Waals surface area contributed by atoms with E-state index in [1.807, 2.05) is 26.0 Å². The van der Waals surface area contributed by atoms with Crippen molar-refractivity contribution in [1.82, 2.24) is 4.98 Å². The zero-order chi connectivity index (χ0) is 19.1. The molecule has 1 aliphatic heterocycles. The minimum Gasteiger partial charge on any atom is -0.484 e. The standard InChI is InChI=1S/C21H20N2O3S/c1-21(2)15-23(16-10-12-22-13-11-16)19-9-8-18(14-20(19)26-21)27(24,25)17-6-4-3-5-7-17/h3-14H,15H2,1-2H3. The molecule has 0 N–H and O–H groups in total. The molecule has 138 valence electrons. The summed E-state index contributed by atoms with van der Waals surface area (Å²) < 4.78 is 32.0. The summed E-state index contributed by atoms with van der Waals surface area (Å²) in [5.74, 6) is 0.556. The van der Waals surface area contributed by atoms with Crippen LogP contribution in [-0.2, 0) is 9.84 Å². The van der Waals surface area contributed by atoms with Crippen molar-refractivity contribution < 1.29 is 13.2 Å². The van der Waals surface area contributed by atoms with Crippen LogP contribution in [0.2, 0.25) is 0 Å². The van der Waals surface area contributed by atoms with Gasteiger partial charge in [0.15, 0.2) is 0 Å². The van der Waals surface area contributed by atoms with Gasteiger partial charge in [-0.05, 0) is 50.2 Å². The van der Waals surface area contributed by atoms with E-state index in [4.69, 9.17) is 4.74 Å². The molecule has 1 aliphatic rings. The first-order valence-corrected chi connectivity index (χ1v) is 10.2. The fourth-order valence-corrected chi connectivity index (χ4v) is 4.55. The third-order valence-corrected chi connectivity index (χ3v) is 6.25. The lowest BCUT2D eigenvalue weighted by molar-refractivity contribution is 0.108. The molecular weight excluding hydrogens is 360 g/mol. The van der Waals surface area contributed by atoms with Gasteiger partial charge in [-0.25, -0.2) is 8.42 Å². The highest BCUT2D eigenvalue weighted by Gasteiger charge is 2.33.